The topological polar surface area (TPSA) is 101 Å². The first-order valence-corrected chi connectivity index (χ1v) is 7.55. The van der Waals surface area contributed by atoms with E-state index >= 15 is 0 Å². The number of rotatable bonds is 5. The van der Waals surface area contributed by atoms with E-state index in [0.29, 0.717) is 11.4 Å². The lowest BCUT2D eigenvalue weighted by molar-refractivity contribution is 0.564. The van der Waals surface area contributed by atoms with E-state index in [1.165, 1.54) is 0 Å². The molecule has 6 nitrogen and oxygen atoms in total. The Bertz CT molecular complexity index is 555. The molecule has 2 rings (SSSR count). The van der Waals surface area contributed by atoms with Crippen molar-refractivity contribution in [1.29, 1.82) is 0 Å². The van der Waals surface area contributed by atoms with Crippen LogP contribution in [0.2, 0.25) is 0 Å². The number of nitrogens with one attached hydrogen (secondary N) is 2. The Labute approximate surface area is 111 Å². The second kappa shape index (κ2) is 4.60. The zero-order valence-electron chi connectivity index (χ0n) is 10.2. The van der Waals surface area contributed by atoms with Crippen LogP contribution in [0.3, 0.4) is 0 Å². The third-order valence-corrected chi connectivity index (χ3v) is 4.97. The normalized spacial score (nSPS) is 17.7. The van der Waals surface area contributed by atoms with E-state index < -0.39 is 16.1 Å². The van der Waals surface area contributed by atoms with Crippen molar-refractivity contribution < 1.29 is 8.42 Å². The first-order valence-electron chi connectivity index (χ1n) is 5.66. The summed E-state index contributed by atoms with van der Waals surface area (Å²) in [5.41, 5.74) is 6.55. The summed E-state index contributed by atoms with van der Waals surface area (Å²) in [7, 11) is -3.64. The Morgan fingerprint density at radius 1 is 1.56 bits per heavy atom. The largest absolute Gasteiger partial charge is 0.392 e. The molecule has 1 aromatic rings. The number of hydrogen-bond donors (Lipinski definition) is 3. The zero-order chi connectivity index (χ0) is 13.5. The lowest BCUT2D eigenvalue weighted by Crippen LogP contribution is -2.45. The summed E-state index contributed by atoms with van der Waals surface area (Å²) in [4.78, 5) is 0.379. The van der Waals surface area contributed by atoms with Gasteiger partial charge in [0.25, 0.3) is 0 Å². The van der Waals surface area contributed by atoms with Crippen LogP contribution in [-0.2, 0) is 10.0 Å². The van der Waals surface area contributed by atoms with Crippen molar-refractivity contribution in [2.24, 2.45) is 11.7 Å². The molecule has 1 aliphatic rings. The summed E-state index contributed by atoms with van der Waals surface area (Å²) in [6, 6.07) is -0.460. The molecule has 0 bridgehead atoms. The van der Waals surface area contributed by atoms with Gasteiger partial charge in [-0.25, -0.2) is 13.1 Å². The van der Waals surface area contributed by atoms with E-state index in [2.05, 4.69) is 14.9 Å². The minimum absolute atomic E-state index is 0.185. The summed E-state index contributed by atoms with van der Waals surface area (Å²) in [5.74, 6) is 0.227. The van der Waals surface area contributed by atoms with Crippen LogP contribution in [0.25, 0.3) is 0 Å². The summed E-state index contributed by atoms with van der Waals surface area (Å²) < 4.78 is 27.2. The number of nitrogens with zero attached hydrogens (tertiary/aromatic N) is 1. The van der Waals surface area contributed by atoms with Gasteiger partial charge in [-0.1, -0.05) is 12.2 Å². The molecule has 1 aliphatic carbocycles. The van der Waals surface area contributed by atoms with Crippen LogP contribution in [0, 0.1) is 19.8 Å². The molecule has 0 aliphatic heterocycles. The summed E-state index contributed by atoms with van der Waals surface area (Å²) >= 11 is 4.92. The van der Waals surface area contributed by atoms with E-state index in [-0.39, 0.29) is 15.8 Å². The number of aryl methyl sites for hydroxylation is 2. The highest BCUT2D eigenvalue weighted by atomic mass is 32.2. The smallest absolute Gasteiger partial charge is 0.244 e. The molecule has 0 saturated heterocycles. The Morgan fingerprint density at radius 2 is 2.17 bits per heavy atom. The fourth-order valence-electron chi connectivity index (χ4n) is 1.98. The molecule has 1 aromatic heterocycles. The summed E-state index contributed by atoms with van der Waals surface area (Å²) in [5, 5.41) is 6.54. The molecule has 0 amide bonds. The second-order valence-corrected chi connectivity index (χ2v) is 6.72. The zero-order valence-corrected chi connectivity index (χ0v) is 11.9. The van der Waals surface area contributed by atoms with E-state index in [4.69, 9.17) is 18.0 Å². The Hall–Kier alpha value is -0.990. The Morgan fingerprint density at radius 3 is 2.56 bits per heavy atom. The van der Waals surface area contributed by atoms with E-state index in [0.717, 1.165) is 12.8 Å². The van der Waals surface area contributed by atoms with Gasteiger partial charge in [-0.3, -0.25) is 5.10 Å². The number of aromatic amines is 1. The van der Waals surface area contributed by atoms with Crippen molar-refractivity contribution in [3.05, 3.63) is 11.4 Å². The van der Waals surface area contributed by atoms with Gasteiger partial charge in [-0.15, -0.1) is 0 Å². The van der Waals surface area contributed by atoms with Crippen LogP contribution in [0.5, 0.6) is 0 Å². The molecular weight excluding hydrogens is 272 g/mol. The van der Waals surface area contributed by atoms with Crippen LogP contribution >= 0.6 is 12.2 Å². The molecule has 0 radical (unpaired) electrons. The van der Waals surface area contributed by atoms with Gasteiger partial charge in [0.05, 0.1) is 22.4 Å². The fourth-order valence-corrected chi connectivity index (χ4v) is 3.96. The lowest BCUT2D eigenvalue weighted by atomic mass is 10.2. The number of nitrogens with two attached hydrogens (primary N) is 1. The van der Waals surface area contributed by atoms with Gasteiger partial charge in [0.1, 0.15) is 4.90 Å². The molecule has 1 fully saturated rings. The molecule has 0 aromatic carbocycles. The molecule has 1 heterocycles. The van der Waals surface area contributed by atoms with Crippen LogP contribution in [0.1, 0.15) is 24.2 Å². The highest BCUT2D eigenvalue weighted by Crippen LogP contribution is 2.33. The summed E-state index contributed by atoms with van der Waals surface area (Å²) in [6.07, 6.45) is 1.90. The Balaban J connectivity index is 2.29. The van der Waals surface area contributed by atoms with E-state index in [9.17, 15) is 8.42 Å². The monoisotopic (exact) mass is 288 g/mol. The van der Waals surface area contributed by atoms with Crippen molar-refractivity contribution in [3.8, 4) is 0 Å². The number of sulfonamides is 1. The molecule has 8 heteroatoms. The van der Waals surface area contributed by atoms with Crippen molar-refractivity contribution in [2.75, 3.05) is 0 Å². The van der Waals surface area contributed by atoms with Crippen molar-refractivity contribution in [2.45, 2.75) is 37.6 Å². The van der Waals surface area contributed by atoms with Gasteiger partial charge in [0.15, 0.2) is 0 Å². The maximum absolute atomic E-state index is 12.3. The first-order chi connectivity index (χ1) is 8.33. The molecule has 4 N–H and O–H groups in total. The quantitative estimate of drug-likeness (QED) is 0.680. The van der Waals surface area contributed by atoms with Gasteiger partial charge >= 0.3 is 0 Å². The minimum Gasteiger partial charge on any atom is -0.392 e. The third-order valence-electron chi connectivity index (χ3n) is 3.01. The maximum atomic E-state index is 12.3. The fraction of sp³-hybridized carbons (Fsp3) is 0.600. The lowest BCUT2D eigenvalue weighted by Gasteiger charge is -2.16. The standard InChI is InChI=1S/C10H16N4O2S2/c1-5-9(6(2)13-12-5)18(15,16)14-8(10(11)17)7-3-4-7/h7-8,14H,3-4H2,1-2H3,(H2,11,17)(H,12,13). The second-order valence-electron chi connectivity index (χ2n) is 4.60. The minimum atomic E-state index is -3.64. The predicted octanol–water partition coefficient (Wildman–Crippen LogP) is 0.370. The first kappa shape index (κ1) is 13.4. The molecular formula is C10H16N4O2S2. The molecule has 0 spiro atoms. The predicted molar refractivity (Wildman–Crippen MR) is 71.7 cm³/mol. The van der Waals surface area contributed by atoms with Crippen LogP contribution in [0.15, 0.2) is 4.90 Å². The van der Waals surface area contributed by atoms with E-state index in [1.807, 2.05) is 0 Å². The molecule has 1 atom stereocenters. The van der Waals surface area contributed by atoms with Crippen LogP contribution < -0.4 is 10.5 Å². The molecule has 1 unspecified atom stereocenters. The Kier molecular flexibility index (Phi) is 3.43. The highest BCUT2D eigenvalue weighted by molar-refractivity contribution is 7.89. The van der Waals surface area contributed by atoms with E-state index in [1.54, 1.807) is 13.8 Å². The maximum Gasteiger partial charge on any atom is 0.244 e. The van der Waals surface area contributed by atoms with Gasteiger partial charge < -0.3 is 5.73 Å². The third kappa shape index (κ3) is 2.55. The van der Waals surface area contributed by atoms with Crippen molar-refractivity contribution >= 4 is 27.2 Å². The molecule has 100 valence electrons. The van der Waals surface area contributed by atoms with Crippen LogP contribution in [0.4, 0.5) is 0 Å². The average Bonchev–Trinajstić information content (AvgIpc) is 3.01. The highest BCUT2D eigenvalue weighted by Gasteiger charge is 2.37. The molecule has 1 saturated carbocycles. The average molecular weight is 288 g/mol. The number of hydrogen-bond acceptors (Lipinski definition) is 4. The number of aromatic nitrogens is 2. The van der Waals surface area contributed by atoms with Gasteiger partial charge in [0.2, 0.25) is 10.0 Å². The van der Waals surface area contributed by atoms with Gasteiger partial charge in [-0.05, 0) is 32.6 Å². The SMILES string of the molecule is Cc1n[nH]c(C)c1S(=O)(=O)NC(C(N)=S)C1CC1. The number of thiocarbonyl (C=S) groups is 1. The molecule has 18 heavy (non-hydrogen) atoms. The van der Waals surface area contributed by atoms with Crippen molar-refractivity contribution in [3.63, 3.8) is 0 Å². The summed E-state index contributed by atoms with van der Waals surface area (Å²) in [6.45, 7) is 3.31. The van der Waals surface area contributed by atoms with Crippen LogP contribution in [-0.4, -0.2) is 29.6 Å². The number of H-pyrrole nitrogens is 1. The van der Waals surface area contributed by atoms with Crippen molar-refractivity contribution in [1.82, 2.24) is 14.9 Å². The van der Waals surface area contributed by atoms with Gasteiger partial charge in [0, 0.05) is 0 Å². The van der Waals surface area contributed by atoms with Gasteiger partial charge in [-0.2, -0.15) is 5.10 Å².